The average molecular weight is 305 g/mol. The average Bonchev–Trinajstić information content (AvgIpc) is 3.35. The molecule has 1 aromatic carbocycles. The van der Waals surface area contributed by atoms with Crippen molar-refractivity contribution in [3.05, 3.63) is 29.8 Å². The van der Waals surface area contributed by atoms with Crippen LogP contribution >= 0.6 is 0 Å². The zero-order valence-electron chi connectivity index (χ0n) is 13.8. The molecule has 0 saturated heterocycles. The van der Waals surface area contributed by atoms with Gasteiger partial charge in [0.05, 0.1) is 13.2 Å². The van der Waals surface area contributed by atoms with Gasteiger partial charge in [0.2, 0.25) is 0 Å². The lowest BCUT2D eigenvalue weighted by Crippen LogP contribution is -2.42. The summed E-state index contributed by atoms with van der Waals surface area (Å²) in [5.74, 6) is 0.849. The highest BCUT2D eigenvalue weighted by molar-refractivity contribution is 5.74. The largest absolute Gasteiger partial charge is 0.497 e. The standard InChI is InChI=1S/C17H27N3O2/c1-4-20(5-2)16(12-18-17(21)19-14-8-9-14)13-6-10-15(22-3)11-7-13/h6-7,10-11,14,16H,4-5,8-9,12H2,1-3H3,(H2,18,19,21). The van der Waals surface area contributed by atoms with Gasteiger partial charge >= 0.3 is 6.03 Å². The number of nitrogens with zero attached hydrogens (tertiary/aromatic N) is 1. The van der Waals surface area contributed by atoms with E-state index in [1.54, 1.807) is 7.11 Å². The van der Waals surface area contributed by atoms with Gasteiger partial charge in [-0.25, -0.2) is 4.79 Å². The molecule has 2 rings (SSSR count). The van der Waals surface area contributed by atoms with Gasteiger partial charge in [0, 0.05) is 12.6 Å². The van der Waals surface area contributed by atoms with Crippen molar-refractivity contribution >= 4 is 6.03 Å². The van der Waals surface area contributed by atoms with Crippen LogP contribution in [0.5, 0.6) is 5.75 Å². The van der Waals surface area contributed by atoms with Gasteiger partial charge in [0.1, 0.15) is 5.75 Å². The summed E-state index contributed by atoms with van der Waals surface area (Å²) in [4.78, 5) is 14.2. The van der Waals surface area contributed by atoms with Crippen LogP contribution < -0.4 is 15.4 Å². The number of methoxy groups -OCH3 is 1. The molecule has 22 heavy (non-hydrogen) atoms. The van der Waals surface area contributed by atoms with E-state index in [4.69, 9.17) is 4.74 Å². The van der Waals surface area contributed by atoms with Crippen LogP contribution in [0.2, 0.25) is 0 Å². The van der Waals surface area contributed by atoms with Crippen molar-refractivity contribution in [3.8, 4) is 5.75 Å². The molecule has 2 amide bonds. The fraction of sp³-hybridized carbons (Fsp3) is 0.588. The van der Waals surface area contributed by atoms with Crippen molar-refractivity contribution < 1.29 is 9.53 Å². The number of benzene rings is 1. The molecule has 1 unspecified atom stereocenters. The van der Waals surface area contributed by atoms with E-state index in [1.165, 1.54) is 5.56 Å². The Morgan fingerprint density at radius 3 is 2.41 bits per heavy atom. The van der Waals surface area contributed by atoms with Gasteiger partial charge in [-0.2, -0.15) is 0 Å². The second-order valence-corrected chi connectivity index (χ2v) is 5.64. The molecule has 0 spiro atoms. The molecule has 1 atom stereocenters. The third kappa shape index (κ3) is 4.63. The molecule has 122 valence electrons. The van der Waals surface area contributed by atoms with Crippen molar-refractivity contribution in [1.82, 2.24) is 15.5 Å². The normalized spacial score (nSPS) is 15.5. The Morgan fingerprint density at radius 1 is 1.27 bits per heavy atom. The lowest BCUT2D eigenvalue weighted by molar-refractivity contribution is 0.206. The van der Waals surface area contributed by atoms with Crippen LogP contribution in [0, 0.1) is 0 Å². The van der Waals surface area contributed by atoms with Gasteiger partial charge in [-0.05, 0) is 43.6 Å². The van der Waals surface area contributed by atoms with Crippen molar-refractivity contribution in [2.75, 3.05) is 26.7 Å². The highest BCUT2D eigenvalue weighted by Crippen LogP contribution is 2.23. The zero-order valence-corrected chi connectivity index (χ0v) is 13.8. The Labute approximate surface area is 133 Å². The quantitative estimate of drug-likeness (QED) is 0.776. The second kappa shape index (κ2) is 8.03. The minimum Gasteiger partial charge on any atom is -0.497 e. The Balaban J connectivity index is 2.01. The maximum absolute atomic E-state index is 11.9. The first kappa shape index (κ1) is 16.6. The molecule has 5 nitrogen and oxygen atoms in total. The molecule has 0 bridgehead atoms. The maximum atomic E-state index is 11.9. The number of hydrogen-bond acceptors (Lipinski definition) is 3. The third-order valence-electron chi connectivity index (χ3n) is 4.12. The van der Waals surface area contributed by atoms with E-state index in [0.717, 1.165) is 31.7 Å². The van der Waals surface area contributed by atoms with Crippen molar-refractivity contribution in [1.29, 1.82) is 0 Å². The molecule has 1 fully saturated rings. The Hall–Kier alpha value is -1.75. The Morgan fingerprint density at radius 2 is 1.91 bits per heavy atom. The van der Waals surface area contributed by atoms with Crippen LogP contribution in [0.3, 0.4) is 0 Å². The molecule has 1 saturated carbocycles. The van der Waals surface area contributed by atoms with Crippen LogP contribution in [0.25, 0.3) is 0 Å². The number of likely N-dealkylation sites (N-methyl/N-ethyl adjacent to an activating group) is 1. The topological polar surface area (TPSA) is 53.6 Å². The SMILES string of the molecule is CCN(CC)C(CNC(=O)NC1CC1)c1ccc(OC)cc1. The van der Waals surface area contributed by atoms with Crippen molar-refractivity contribution in [2.45, 2.75) is 38.8 Å². The summed E-state index contributed by atoms with van der Waals surface area (Å²) < 4.78 is 5.22. The first-order valence-corrected chi connectivity index (χ1v) is 8.10. The summed E-state index contributed by atoms with van der Waals surface area (Å²) in [5.41, 5.74) is 1.19. The molecule has 2 N–H and O–H groups in total. The highest BCUT2D eigenvalue weighted by Gasteiger charge is 2.24. The number of amides is 2. The van der Waals surface area contributed by atoms with Crippen LogP contribution in [0.1, 0.15) is 38.3 Å². The van der Waals surface area contributed by atoms with Crippen LogP contribution in [-0.2, 0) is 0 Å². The lowest BCUT2D eigenvalue weighted by Gasteiger charge is -2.30. The molecular formula is C17H27N3O2. The first-order chi connectivity index (χ1) is 10.7. The van der Waals surface area contributed by atoms with Crippen molar-refractivity contribution in [2.24, 2.45) is 0 Å². The number of nitrogens with one attached hydrogen (secondary N) is 2. The summed E-state index contributed by atoms with van der Waals surface area (Å²) in [6, 6.07) is 8.57. The smallest absolute Gasteiger partial charge is 0.315 e. The predicted molar refractivity (Wildman–Crippen MR) is 88.2 cm³/mol. The fourth-order valence-corrected chi connectivity index (χ4v) is 2.60. The van der Waals surface area contributed by atoms with Crippen LogP contribution in [-0.4, -0.2) is 43.7 Å². The van der Waals surface area contributed by atoms with E-state index < -0.39 is 0 Å². The summed E-state index contributed by atoms with van der Waals surface area (Å²) in [6.45, 7) is 6.78. The van der Waals surface area contributed by atoms with Crippen molar-refractivity contribution in [3.63, 3.8) is 0 Å². The molecule has 0 radical (unpaired) electrons. The molecule has 1 aliphatic carbocycles. The summed E-state index contributed by atoms with van der Waals surface area (Å²) >= 11 is 0. The summed E-state index contributed by atoms with van der Waals surface area (Å²) in [7, 11) is 1.67. The molecule has 0 aromatic heterocycles. The summed E-state index contributed by atoms with van der Waals surface area (Å²) in [6.07, 6.45) is 2.21. The number of ether oxygens (including phenoxy) is 1. The first-order valence-electron chi connectivity index (χ1n) is 8.10. The van der Waals surface area contributed by atoms with E-state index >= 15 is 0 Å². The molecule has 5 heteroatoms. The monoisotopic (exact) mass is 305 g/mol. The van der Waals surface area contributed by atoms with E-state index in [2.05, 4.69) is 41.5 Å². The fourth-order valence-electron chi connectivity index (χ4n) is 2.60. The van der Waals surface area contributed by atoms with Gasteiger partial charge in [-0.3, -0.25) is 4.90 Å². The minimum absolute atomic E-state index is 0.0619. The van der Waals surface area contributed by atoms with E-state index in [1.807, 2.05) is 12.1 Å². The number of rotatable bonds is 8. The number of carbonyl (C=O) groups is 1. The van der Waals surface area contributed by atoms with Crippen LogP contribution in [0.4, 0.5) is 4.79 Å². The van der Waals surface area contributed by atoms with Gasteiger partial charge < -0.3 is 15.4 Å². The van der Waals surface area contributed by atoms with Gasteiger partial charge in [-0.15, -0.1) is 0 Å². The van der Waals surface area contributed by atoms with E-state index in [-0.39, 0.29) is 12.1 Å². The van der Waals surface area contributed by atoms with Crippen LogP contribution in [0.15, 0.2) is 24.3 Å². The lowest BCUT2D eigenvalue weighted by atomic mass is 10.0. The zero-order chi connectivity index (χ0) is 15.9. The maximum Gasteiger partial charge on any atom is 0.315 e. The highest BCUT2D eigenvalue weighted by atomic mass is 16.5. The van der Waals surface area contributed by atoms with Gasteiger partial charge in [0.25, 0.3) is 0 Å². The Kier molecular flexibility index (Phi) is 6.07. The molecule has 1 aliphatic rings. The molecular weight excluding hydrogens is 278 g/mol. The Bertz CT molecular complexity index is 467. The molecule has 1 aromatic rings. The number of hydrogen-bond donors (Lipinski definition) is 2. The van der Waals surface area contributed by atoms with E-state index in [9.17, 15) is 4.79 Å². The predicted octanol–water partition coefficient (Wildman–Crippen LogP) is 2.54. The number of urea groups is 1. The van der Waals surface area contributed by atoms with Gasteiger partial charge in [0.15, 0.2) is 0 Å². The molecule has 0 heterocycles. The van der Waals surface area contributed by atoms with E-state index in [0.29, 0.717) is 12.6 Å². The minimum atomic E-state index is -0.0619. The number of carbonyl (C=O) groups excluding carboxylic acids is 1. The van der Waals surface area contributed by atoms with Gasteiger partial charge in [-0.1, -0.05) is 26.0 Å². The third-order valence-corrected chi connectivity index (χ3v) is 4.12. The summed E-state index contributed by atoms with van der Waals surface area (Å²) in [5, 5.41) is 5.97. The molecule has 0 aliphatic heterocycles. The second-order valence-electron chi connectivity index (χ2n) is 5.64.